The van der Waals surface area contributed by atoms with Crippen molar-refractivity contribution in [3.8, 4) is 11.5 Å². The van der Waals surface area contributed by atoms with Gasteiger partial charge in [-0.05, 0) is 122 Å². The molecule has 68 heavy (non-hydrogen) atoms. The Morgan fingerprint density at radius 3 is 2.28 bits per heavy atom. The van der Waals surface area contributed by atoms with Gasteiger partial charge in [-0.15, -0.1) is 0 Å². The summed E-state index contributed by atoms with van der Waals surface area (Å²) in [6.45, 7) is 10.3. The molecule has 4 amide bonds. The maximum absolute atomic E-state index is 13.1. The number of anilines is 2. The second-order valence-corrected chi connectivity index (χ2v) is 19.8. The number of amides is 4. The molecule has 6 aliphatic rings. The SMILES string of the molecule is CN1CCC2(CC1)CN(c1ncncc1Oc1ccccc1C=O)C2.CNCCCCCCCN1CCN(c2ccc3c(c2)C(=O)N(C2CCC(=O)NC2=O)C3=O)CC1.CSNC1CCCCC1. The molecule has 1 saturated carbocycles. The normalized spacial score (nSPS) is 20.8. The standard InChI is InChI=1S/C25H35N5O4.C19H22N4O2.C7H15NS/c1-26-11-5-3-2-4-6-12-28-13-15-29(16-14-28)18-7-8-19-20(17-18)25(34)30(24(19)33)21-9-10-22(31)27-23(21)32;1-22-8-6-19(7-9-22)12-23(13-19)18-17(10-20-14-21-18)25-16-5-3-2-4-15(16)11-24;1-9-8-7-5-3-2-4-6-7/h7-8,17,21,26H,2-6,9-16H2,1H3,(H,27,31,32);2-5,10-11,14H,6-9,12-13H2,1H3;7-8H,2-6H2,1H3. The number of nitrogens with zero attached hydrogens (tertiary/aromatic N) is 7. The largest absolute Gasteiger partial charge is 0.451 e. The van der Waals surface area contributed by atoms with Crippen LogP contribution in [0, 0.1) is 5.41 Å². The minimum absolute atomic E-state index is 0.121. The molecule has 3 aromatic rings. The quantitative estimate of drug-likeness (QED) is 0.0643. The summed E-state index contributed by atoms with van der Waals surface area (Å²) in [4.78, 5) is 79.8. The molecule has 17 heteroatoms. The van der Waals surface area contributed by atoms with E-state index in [1.807, 2.05) is 25.2 Å². The number of benzene rings is 2. The first-order valence-electron chi connectivity index (χ1n) is 24.8. The van der Waals surface area contributed by atoms with Crippen molar-refractivity contribution >= 4 is 53.4 Å². The Morgan fingerprint density at radius 1 is 0.838 bits per heavy atom. The van der Waals surface area contributed by atoms with E-state index in [2.05, 4.69) is 58.2 Å². The third-order valence-electron chi connectivity index (χ3n) is 14.3. The summed E-state index contributed by atoms with van der Waals surface area (Å²) in [5.74, 6) is 0.0633. The number of hydrogen-bond donors (Lipinski definition) is 3. The first-order chi connectivity index (χ1) is 33.1. The fourth-order valence-electron chi connectivity index (χ4n) is 10.2. The molecule has 1 spiro atoms. The minimum atomic E-state index is -0.930. The second-order valence-electron chi connectivity index (χ2n) is 19.2. The number of unbranched alkanes of at least 4 members (excludes halogenated alkanes) is 4. The first kappa shape index (κ1) is 50.9. The van der Waals surface area contributed by atoms with Crippen LogP contribution in [-0.2, 0) is 9.59 Å². The van der Waals surface area contributed by atoms with Crippen molar-refractivity contribution < 1.29 is 28.7 Å². The highest BCUT2D eigenvalue weighted by Gasteiger charge is 2.46. The van der Waals surface area contributed by atoms with E-state index in [1.165, 1.54) is 77.0 Å². The van der Waals surface area contributed by atoms with E-state index in [0.29, 0.717) is 33.6 Å². The maximum Gasteiger partial charge on any atom is 0.262 e. The Hall–Kier alpha value is -4.94. The van der Waals surface area contributed by atoms with Gasteiger partial charge in [0.25, 0.3) is 11.8 Å². The van der Waals surface area contributed by atoms with Gasteiger partial charge in [-0.3, -0.25) is 43.8 Å². The number of carbonyl (C=O) groups is 5. The minimum Gasteiger partial charge on any atom is -0.451 e. The van der Waals surface area contributed by atoms with Crippen LogP contribution in [0.25, 0.3) is 0 Å². The molecule has 16 nitrogen and oxygen atoms in total. The van der Waals surface area contributed by atoms with Gasteiger partial charge in [-0.1, -0.05) is 62.6 Å². The van der Waals surface area contributed by atoms with Gasteiger partial charge < -0.3 is 24.8 Å². The molecule has 1 aromatic heterocycles. The molecule has 2 aromatic carbocycles. The lowest BCUT2D eigenvalue weighted by Crippen LogP contribution is -2.60. The Balaban J connectivity index is 0.000000175. The second kappa shape index (κ2) is 25.1. The molecule has 1 unspecified atom stereocenters. The van der Waals surface area contributed by atoms with Crippen LogP contribution in [0.2, 0.25) is 0 Å². The number of hydrogen-bond acceptors (Lipinski definition) is 15. The first-order valence-corrected chi connectivity index (χ1v) is 26.1. The van der Waals surface area contributed by atoms with Gasteiger partial charge in [-0.2, -0.15) is 0 Å². The predicted octanol–water partition coefficient (Wildman–Crippen LogP) is 6.18. The molecule has 368 valence electrons. The van der Waals surface area contributed by atoms with E-state index >= 15 is 0 Å². The zero-order chi connectivity index (χ0) is 47.9. The molecule has 0 radical (unpaired) electrons. The smallest absolute Gasteiger partial charge is 0.262 e. The van der Waals surface area contributed by atoms with Gasteiger partial charge in [0.05, 0.1) is 22.9 Å². The van der Waals surface area contributed by atoms with E-state index in [1.54, 1.807) is 48.7 Å². The maximum atomic E-state index is 13.1. The summed E-state index contributed by atoms with van der Waals surface area (Å²) in [7, 11) is 4.18. The van der Waals surface area contributed by atoms with E-state index < -0.39 is 23.8 Å². The van der Waals surface area contributed by atoms with Crippen LogP contribution in [-0.4, -0.2) is 152 Å². The summed E-state index contributed by atoms with van der Waals surface area (Å²) in [5, 5.41) is 5.42. The number of piperidine rings is 2. The lowest BCUT2D eigenvalue weighted by molar-refractivity contribution is -0.136. The molecule has 5 fully saturated rings. The van der Waals surface area contributed by atoms with Crippen molar-refractivity contribution in [3.05, 3.63) is 71.7 Å². The number of aromatic nitrogens is 2. The number of fused-ring (bicyclic) bond motifs is 1. The summed E-state index contributed by atoms with van der Waals surface area (Å²) < 4.78 is 9.38. The van der Waals surface area contributed by atoms with Crippen molar-refractivity contribution in [2.45, 2.75) is 102 Å². The van der Waals surface area contributed by atoms with E-state index in [-0.39, 0.29) is 18.7 Å². The molecule has 1 atom stereocenters. The number of likely N-dealkylation sites (tertiary alicyclic amines) is 1. The molecule has 6 heterocycles. The topological polar surface area (TPSA) is 173 Å². The van der Waals surface area contributed by atoms with Crippen molar-refractivity contribution in [3.63, 3.8) is 0 Å². The van der Waals surface area contributed by atoms with Gasteiger partial charge >= 0.3 is 0 Å². The highest BCUT2D eigenvalue weighted by Crippen LogP contribution is 2.44. The summed E-state index contributed by atoms with van der Waals surface area (Å²) >= 11 is 1.76. The van der Waals surface area contributed by atoms with Crippen LogP contribution in [0.15, 0.2) is 55.0 Å². The number of rotatable bonds is 16. The third kappa shape index (κ3) is 13.2. The van der Waals surface area contributed by atoms with E-state index in [0.717, 1.165) is 94.2 Å². The van der Waals surface area contributed by atoms with Crippen molar-refractivity contribution in [1.29, 1.82) is 0 Å². The molecule has 5 aliphatic heterocycles. The van der Waals surface area contributed by atoms with Crippen LogP contribution >= 0.6 is 11.9 Å². The van der Waals surface area contributed by atoms with Gasteiger partial charge in [0.2, 0.25) is 11.8 Å². The van der Waals surface area contributed by atoms with Gasteiger partial charge in [0, 0.05) is 62.8 Å². The van der Waals surface area contributed by atoms with E-state index in [4.69, 9.17) is 4.74 Å². The number of carbonyl (C=O) groups excluding carboxylic acids is 5. The zero-order valence-corrected chi connectivity index (χ0v) is 41.2. The summed E-state index contributed by atoms with van der Waals surface area (Å²) in [6.07, 6.45) is 22.3. The fraction of sp³-hybridized carbons (Fsp3) is 0.588. The van der Waals surface area contributed by atoms with Crippen molar-refractivity contribution in [2.24, 2.45) is 5.41 Å². The summed E-state index contributed by atoms with van der Waals surface area (Å²) in [6, 6.07) is 12.4. The highest BCUT2D eigenvalue weighted by atomic mass is 32.2. The number of piperazine rings is 1. The number of imide groups is 2. The highest BCUT2D eigenvalue weighted by molar-refractivity contribution is 7.96. The molecule has 3 N–H and O–H groups in total. The molecule has 0 bridgehead atoms. The molecule has 4 saturated heterocycles. The Morgan fingerprint density at radius 2 is 1.56 bits per heavy atom. The van der Waals surface area contributed by atoms with Crippen LogP contribution in [0.5, 0.6) is 11.5 Å². The number of para-hydroxylation sites is 1. The van der Waals surface area contributed by atoms with Crippen molar-refractivity contribution in [1.82, 2.24) is 40.0 Å². The van der Waals surface area contributed by atoms with E-state index in [9.17, 15) is 24.0 Å². The van der Waals surface area contributed by atoms with Gasteiger partial charge in [0.15, 0.2) is 17.9 Å². The molecule has 9 rings (SSSR count). The fourth-order valence-corrected chi connectivity index (χ4v) is 10.7. The monoisotopic (exact) mass is 953 g/mol. The number of aldehydes is 1. The lowest BCUT2D eigenvalue weighted by Gasteiger charge is -2.54. The molecular formula is C51H72N10O6S. The zero-order valence-electron chi connectivity index (χ0n) is 40.4. The Kier molecular flexibility index (Phi) is 18.8. The molecular weight excluding hydrogens is 881 g/mol. The van der Waals surface area contributed by atoms with Crippen LogP contribution in [0.1, 0.15) is 121 Å². The average Bonchev–Trinajstić information content (AvgIpc) is 3.59. The summed E-state index contributed by atoms with van der Waals surface area (Å²) in [5.41, 5.74) is 2.52. The van der Waals surface area contributed by atoms with Crippen LogP contribution < -0.4 is 29.9 Å². The molecule has 1 aliphatic carbocycles. The van der Waals surface area contributed by atoms with Crippen molar-refractivity contribution in [2.75, 3.05) is 95.6 Å². The predicted molar refractivity (Wildman–Crippen MR) is 268 cm³/mol. The Labute approximate surface area is 406 Å². The lowest BCUT2D eigenvalue weighted by atomic mass is 9.72. The van der Waals surface area contributed by atoms with Gasteiger partial charge in [-0.25, -0.2) is 9.97 Å². The number of nitrogens with one attached hydrogen (secondary N) is 3. The van der Waals surface area contributed by atoms with Crippen LogP contribution in [0.3, 0.4) is 0 Å². The third-order valence-corrected chi connectivity index (χ3v) is 14.8. The Bertz CT molecular complexity index is 2160. The average molecular weight is 953 g/mol. The van der Waals surface area contributed by atoms with Crippen LogP contribution in [0.4, 0.5) is 11.5 Å². The number of ether oxygens (including phenoxy) is 1. The van der Waals surface area contributed by atoms with Gasteiger partial charge in [0.1, 0.15) is 18.1 Å².